The molecule has 0 aliphatic heterocycles. The van der Waals surface area contributed by atoms with Gasteiger partial charge in [0, 0.05) is 5.02 Å². The molecule has 0 amide bonds. The van der Waals surface area contributed by atoms with Crippen LogP contribution in [0.1, 0.15) is 11.1 Å². The predicted octanol–water partition coefficient (Wildman–Crippen LogP) is 4.24. The van der Waals surface area contributed by atoms with Crippen LogP contribution in [0.2, 0.25) is 5.02 Å². The summed E-state index contributed by atoms with van der Waals surface area (Å²) >= 11 is 6.13. The third-order valence-corrected chi connectivity index (χ3v) is 3.82. The molecule has 2 aromatic carbocycles. The lowest BCUT2D eigenvalue weighted by atomic mass is 9.92. The monoisotopic (exact) mass is 309 g/mol. The van der Waals surface area contributed by atoms with Crippen LogP contribution in [0.3, 0.4) is 0 Å². The second kappa shape index (κ2) is 7.53. The van der Waals surface area contributed by atoms with Crippen molar-refractivity contribution in [2.24, 2.45) is 5.92 Å². The highest BCUT2D eigenvalue weighted by Gasteiger charge is 2.13. The summed E-state index contributed by atoms with van der Waals surface area (Å²) in [4.78, 5) is 0. The molecule has 0 heterocycles. The Hall–Kier alpha value is -1.45. The Bertz CT molecular complexity index is 584. The van der Waals surface area contributed by atoms with Crippen LogP contribution in [0.15, 0.2) is 42.5 Å². The number of rotatable bonds is 6. The summed E-state index contributed by atoms with van der Waals surface area (Å²) < 4.78 is 26.3. The number of benzene rings is 2. The van der Waals surface area contributed by atoms with Crippen LogP contribution < -0.4 is 5.32 Å². The summed E-state index contributed by atoms with van der Waals surface area (Å²) in [5.41, 5.74) is 1.86. The lowest BCUT2D eigenvalue weighted by Crippen LogP contribution is -2.23. The topological polar surface area (TPSA) is 12.0 Å². The SMILES string of the molecule is CNCC(Cc1ccc(F)cc1)Cc1cc(F)ccc1Cl. The maximum Gasteiger partial charge on any atom is 0.123 e. The maximum atomic E-state index is 13.3. The van der Waals surface area contributed by atoms with Crippen molar-refractivity contribution in [3.8, 4) is 0 Å². The highest BCUT2D eigenvalue weighted by atomic mass is 35.5. The summed E-state index contributed by atoms with van der Waals surface area (Å²) in [5, 5.41) is 3.72. The molecule has 112 valence electrons. The van der Waals surface area contributed by atoms with Crippen LogP contribution in [-0.2, 0) is 12.8 Å². The highest BCUT2D eigenvalue weighted by molar-refractivity contribution is 6.31. The van der Waals surface area contributed by atoms with E-state index in [1.165, 1.54) is 24.3 Å². The van der Waals surface area contributed by atoms with Crippen molar-refractivity contribution in [3.63, 3.8) is 0 Å². The zero-order chi connectivity index (χ0) is 15.2. The minimum absolute atomic E-state index is 0.239. The van der Waals surface area contributed by atoms with E-state index in [2.05, 4.69) is 5.32 Å². The molecule has 0 bridgehead atoms. The lowest BCUT2D eigenvalue weighted by molar-refractivity contribution is 0.491. The van der Waals surface area contributed by atoms with Crippen LogP contribution >= 0.6 is 11.6 Å². The zero-order valence-electron chi connectivity index (χ0n) is 11.9. The fourth-order valence-electron chi connectivity index (χ4n) is 2.47. The van der Waals surface area contributed by atoms with Crippen molar-refractivity contribution in [1.82, 2.24) is 5.32 Å². The van der Waals surface area contributed by atoms with Crippen LogP contribution in [0.4, 0.5) is 8.78 Å². The molecule has 0 aromatic heterocycles. The Morgan fingerprint density at radius 3 is 2.33 bits per heavy atom. The van der Waals surface area contributed by atoms with E-state index < -0.39 is 0 Å². The molecular formula is C17H18ClF2N. The van der Waals surface area contributed by atoms with Gasteiger partial charge in [0.05, 0.1) is 0 Å². The Labute approximate surface area is 128 Å². The van der Waals surface area contributed by atoms with Gasteiger partial charge in [0.1, 0.15) is 11.6 Å². The maximum absolute atomic E-state index is 13.3. The van der Waals surface area contributed by atoms with Crippen LogP contribution in [-0.4, -0.2) is 13.6 Å². The van der Waals surface area contributed by atoms with Crippen LogP contribution in [0.25, 0.3) is 0 Å². The first-order chi connectivity index (χ1) is 10.1. The molecule has 1 atom stereocenters. The Morgan fingerprint density at radius 2 is 1.67 bits per heavy atom. The van der Waals surface area contributed by atoms with Crippen molar-refractivity contribution in [3.05, 3.63) is 70.2 Å². The molecule has 2 aromatic rings. The molecule has 0 aliphatic rings. The van der Waals surface area contributed by atoms with E-state index in [1.807, 2.05) is 7.05 Å². The molecular weight excluding hydrogens is 292 g/mol. The van der Waals surface area contributed by atoms with Gasteiger partial charge in [-0.15, -0.1) is 0 Å². The molecule has 0 radical (unpaired) electrons. The van der Waals surface area contributed by atoms with E-state index in [1.54, 1.807) is 18.2 Å². The molecule has 2 rings (SSSR count). The van der Waals surface area contributed by atoms with Crippen molar-refractivity contribution >= 4 is 11.6 Å². The van der Waals surface area contributed by atoms with Gasteiger partial charge in [-0.05, 0) is 73.8 Å². The van der Waals surface area contributed by atoms with Crippen molar-refractivity contribution < 1.29 is 8.78 Å². The first kappa shape index (κ1) is 15.9. The first-order valence-corrected chi connectivity index (χ1v) is 7.29. The average Bonchev–Trinajstić information content (AvgIpc) is 2.45. The van der Waals surface area contributed by atoms with Gasteiger partial charge >= 0.3 is 0 Å². The van der Waals surface area contributed by atoms with E-state index >= 15 is 0 Å². The summed E-state index contributed by atoms with van der Waals surface area (Å²) in [6.07, 6.45) is 1.46. The normalized spacial score (nSPS) is 12.4. The molecule has 0 fully saturated rings. The molecule has 4 heteroatoms. The van der Waals surface area contributed by atoms with Crippen molar-refractivity contribution in [1.29, 1.82) is 0 Å². The van der Waals surface area contributed by atoms with Gasteiger partial charge in [-0.1, -0.05) is 23.7 Å². The molecule has 21 heavy (non-hydrogen) atoms. The second-order valence-corrected chi connectivity index (χ2v) is 5.60. The van der Waals surface area contributed by atoms with Gasteiger partial charge in [0.15, 0.2) is 0 Å². The molecule has 1 nitrogen and oxygen atoms in total. The quantitative estimate of drug-likeness (QED) is 0.841. The fraction of sp³-hybridized carbons (Fsp3) is 0.294. The van der Waals surface area contributed by atoms with Crippen molar-refractivity contribution in [2.45, 2.75) is 12.8 Å². The Kier molecular flexibility index (Phi) is 5.71. The molecule has 0 saturated carbocycles. The molecule has 0 saturated heterocycles. The Balaban J connectivity index is 2.11. The summed E-state index contributed by atoms with van der Waals surface area (Å²) in [7, 11) is 1.88. The number of hydrogen-bond acceptors (Lipinski definition) is 1. The number of nitrogens with one attached hydrogen (secondary N) is 1. The van der Waals surface area contributed by atoms with Gasteiger partial charge in [-0.2, -0.15) is 0 Å². The second-order valence-electron chi connectivity index (χ2n) is 5.19. The minimum atomic E-state index is -0.278. The van der Waals surface area contributed by atoms with E-state index in [0.29, 0.717) is 11.4 Å². The summed E-state index contributed by atoms with van der Waals surface area (Å²) in [6.45, 7) is 0.782. The van der Waals surface area contributed by atoms with Gasteiger partial charge in [-0.25, -0.2) is 8.78 Å². The standard InChI is InChI=1S/C17H18ClF2N/c1-21-11-13(8-12-2-4-15(19)5-3-12)9-14-10-16(20)6-7-17(14)18/h2-7,10,13,21H,8-9,11H2,1H3. The minimum Gasteiger partial charge on any atom is -0.319 e. The predicted molar refractivity (Wildman–Crippen MR) is 82.6 cm³/mol. The van der Waals surface area contributed by atoms with Crippen LogP contribution in [0, 0.1) is 17.6 Å². The van der Waals surface area contributed by atoms with Crippen molar-refractivity contribution in [2.75, 3.05) is 13.6 Å². The van der Waals surface area contributed by atoms with E-state index in [4.69, 9.17) is 11.6 Å². The molecule has 0 spiro atoms. The third kappa shape index (κ3) is 4.80. The zero-order valence-corrected chi connectivity index (χ0v) is 12.6. The number of hydrogen-bond donors (Lipinski definition) is 1. The first-order valence-electron chi connectivity index (χ1n) is 6.91. The van der Waals surface area contributed by atoms with Gasteiger partial charge in [-0.3, -0.25) is 0 Å². The van der Waals surface area contributed by atoms with Gasteiger partial charge in [0.25, 0.3) is 0 Å². The molecule has 0 aliphatic carbocycles. The average molecular weight is 310 g/mol. The summed E-state index contributed by atoms with van der Waals surface area (Å²) in [6, 6.07) is 10.9. The van der Waals surface area contributed by atoms with Crippen LogP contribution in [0.5, 0.6) is 0 Å². The number of halogens is 3. The Morgan fingerprint density at radius 1 is 1.00 bits per heavy atom. The van der Waals surface area contributed by atoms with E-state index in [0.717, 1.165) is 24.1 Å². The van der Waals surface area contributed by atoms with Gasteiger partial charge < -0.3 is 5.32 Å². The highest BCUT2D eigenvalue weighted by Crippen LogP contribution is 2.22. The molecule has 1 unspecified atom stereocenters. The summed E-state index contributed by atoms with van der Waals surface area (Å²) in [5.74, 6) is -0.253. The fourth-order valence-corrected chi connectivity index (χ4v) is 2.66. The largest absolute Gasteiger partial charge is 0.319 e. The molecule has 1 N–H and O–H groups in total. The third-order valence-electron chi connectivity index (χ3n) is 3.45. The van der Waals surface area contributed by atoms with E-state index in [9.17, 15) is 8.78 Å². The lowest BCUT2D eigenvalue weighted by Gasteiger charge is -2.17. The van der Waals surface area contributed by atoms with E-state index in [-0.39, 0.29) is 17.6 Å². The smallest absolute Gasteiger partial charge is 0.123 e. The van der Waals surface area contributed by atoms with Gasteiger partial charge in [0.2, 0.25) is 0 Å².